The number of carbonyl (C=O) groups excluding carboxylic acids is 1. The van der Waals surface area contributed by atoms with Gasteiger partial charge in [0.1, 0.15) is 13.1 Å². The van der Waals surface area contributed by atoms with E-state index in [1.807, 2.05) is 0 Å². The van der Waals surface area contributed by atoms with Crippen molar-refractivity contribution in [1.82, 2.24) is 0 Å². The van der Waals surface area contributed by atoms with Gasteiger partial charge in [-0.2, -0.15) is 22.7 Å². The van der Waals surface area contributed by atoms with Gasteiger partial charge in [0.05, 0.1) is 17.7 Å². The van der Waals surface area contributed by atoms with Crippen molar-refractivity contribution in [1.29, 1.82) is 0 Å². The molecule has 3 rings (SSSR count). The van der Waals surface area contributed by atoms with Crippen molar-refractivity contribution in [2.45, 2.75) is 13.3 Å². The van der Waals surface area contributed by atoms with Crippen LogP contribution in [0.2, 0.25) is 0 Å². The van der Waals surface area contributed by atoms with Crippen LogP contribution in [0.3, 0.4) is 0 Å². The molecule has 2 nitrogen and oxygen atoms in total. The molecule has 0 spiro atoms. The van der Waals surface area contributed by atoms with Crippen LogP contribution in [-0.4, -0.2) is 25.4 Å². The highest BCUT2D eigenvalue weighted by molar-refractivity contribution is 7.08. The molecule has 0 saturated carbocycles. The molecule has 0 radical (unpaired) electrons. The molecule has 4 heteroatoms. The first kappa shape index (κ1) is 15.4. The van der Waals surface area contributed by atoms with Crippen molar-refractivity contribution in [3.05, 3.63) is 55.9 Å². The van der Waals surface area contributed by atoms with Gasteiger partial charge in [-0.05, 0) is 63.4 Å². The fourth-order valence-electron chi connectivity index (χ4n) is 2.85. The van der Waals surface area contributed by atoms with E-state index < -0.39 is 0 Å². The molecule has 114 valence electrons. The third-order valence-electron chi connectivity index (χ3n) is 3.84. The maximum Gasteiger partial charge on any atom is 0.196 e. The van der Waals surface area contributed by atoms with Gasteiger partial charge < -0.3 is 4.90 Å². The van der Waals surface area contributed by atoms with Gasteiger partial charge >= 0.3 is 0 Å². The highest BCUT2D eigenvalue weighted by Crippen LogP contribution is 2.18. The largest absolute Gasteiger partial charge is 0.327 e. The maximum atomic E-state index is 12.8. The molecule has 3 heterocycles. The van der Waals surface area contributed by atoms with Gasteiger partial charge in [0.2, 0.25) is 0 Å². The lowest BCUT2D eigenvalue weighted by atomic mass is 9.95. The number of carbonyl (C=O) groups is 1. The van der Waals surface area contributed by atoms with Crippen LogP contribution in [0.25, 0.3) is 12.2 Å². The molecule has 1 aliphatic heterocycles. The summed E-state index contributed by atoms with van der Waals surface area (Å²) in [4.78, 5) is 14.3. The minimum Gasteiger partial charge on any atom is -0.327 e. The smallest absolute Gasteiger partial charge is 0.196 e. The van der Waals surface area contributed by atoms with Crippen molar-refractivity contribution < 1.29 is 9.69 Å². The molecule has 1 atom stereocenters. The van der Waals surface area contributed by atoms with E-state index in [0.29, 0.717) is 0 Å². The lowest BCUT2D eigenvalue weighted by Crippen LogP contribution is -3.13. The number of nitrogens with one attached hydrogen (secondary N) is 1. The van der Waals surface area contributed by atoms with E-state index in [9.17, 15) is 4.79 Å². The molecule has 0 bridgehead atoms. The third kappa shape index (κ3) is 3.64. The zero-order valence-electron chi connectivity index (χ0n) is 12.7. The molecule has 1 aliphatic rings. The summed E-state index contributed by atoms with van der Waals surface area (Å²) in [5, 5.41) is 8.30. The number of quaternary nitrogens is 1. The second-order valence-corrected chi connectivity index (χ2v) is 7.20. The third-order valence-corrected chi connectivity index (χ3v) is 5.24. The molecule has 1 saturated heterocycles. The number of ketones is 1. The Hall–Kier alpha value is -1.49. The van der Waals surface area contributed by atoms with Crippen molar-refractivity contribution in [2.75, 3.05) is 19.6 Å². The molecule has 0 aromatic carbocycles. The Balaban J connectivity index is 1.91. The fraction of sp³-hybridized carbons (Fsp3) is 0.278. The average molecular weight is 330 g/mol. The topological polar surface area (TPSA) is 21.5 Å². The van der Waals surface area contributed by atoms with Gasteiger partial charge in [0.25, 0.3) is 0 Å². The Morgan fingerprint density at radius 2 is 1.59 bits per heavy atom. The molecule has 0 amide bonds. The Labute approximate surface area is 139 Å². The normalized spacial score (nSPS) is 22.6. The van der Waals surface area contributed by atoms with Crippen LogP contribution in [0, 0.1) is 0 Å². The SMILES string of the molecule is CCC[NH+]1C/C(=C/c2ccsc2)C(=O)/C(=C/c2ccsc2)C1. The zero-order valence-corrected chi connectivity index (χ0v) is 14.3. The summed E-state index contributed by atoms with van der Waals surface area (Å²) in [6, 6.07) is 4.14. The van der Waals surface area contributed by atoms with E-state index in [-0.39, 0.29) is 5.78 Å². The summed E-state index contributed by atoms with van der Waals surface area (Å²) >= 11 is 3.34. The van der Waals surface area contributed by atoms with E-state index in [0.717, 1.165) is 48.3 Å². The van der Waals surface area contributed by atoms with Crippen LogP contribution in [-0.2, 0) is 4.79 Å². The van der Waals surface area contributed by atoms with Crippen molar-refractivity contribution in [3.63, 3.8) is 0 Å². The Kier molecular flexibility index (Phi) is 5.03. The van der Waals surface area contributed by atoms with Gasteiger partial charge in [-0.15, -0.1) is 0 Å². The minimum atomic E-state index is 0.220. The van der Waals surface area contributed by atoms with Gasteiger partial charge in [-0.25, -0.2) is 0 Å². The summed E-state index contributed by atoms with van der Waals surface area (Å²) in [6.07, 6.45) is 5.27. The highest BCUT2D eigenvalue weighted by Gasteiger charge is 2.28. The highest BCUT2D eigenvalue weighted by atomic mass is 32.1. The van der Waals surface area contributed by atoms with Gasteiger partial charge in [0, 0.05) is 0 Å². The molecular formula is C18H20NOS2+. The lowest BCUT2D eigenvalue weighted by Gasteiger charge is -2.26. The van der Waals surface area contributed by atoms with Gasteiger partial charge in [0.15, 0.2) is 5.78 Å². The van der Waals surface area contributed by atoms with Crippen molar-refractivity contribution in [2.24, 2.45) is 0 Å². The van der Waals surface area contributed by atoms with Crippen LogP contribution in [0.1, 0.15) is 24.5 Å². The van der Waals surface area contributed by atoms with Crippen LogP contribution >= 0.6 is 22.7 Å². The predicted octanol–water partition coefficient (Wildman–Crippen LogP) is 3.15. The average Bonchev–Trinajstić information content (AvgIpc) is 3.17. The first-order chi connectivity index (χ1) is 10.8. The molecule has 2 aromatic rings. The van der Waals surface area contributed by atoms with E-state index >= 15 is 0 Å². The first-order valence-electron chi connectivity index (χ1n) is 7.60. The zero-order chi connectivity index (χ0) is 15.4. The Bertz CT molecular complexity index is 625. The van der Waals surface area contributed by atoms with Crippen LogP contribution in [0.5, 0.6) is 0 Å². The number of piperidine rings is 1. The van der Waals surface area contributed by atoms with E-state index in [1.54, 1.807) is 22.7 Å². The van der Waals surface area contributed by atoms with E-state index in [1.165, 1.54) is 4.90 Å². The molecule has 0 aliphatic carbocycles. The van der Waals surface area contributed by atoms with E-state index in [4.69, 9.17) is 0 Å². The minimum absolute atomic E-state index is 0.220. The van der Waals surface area contributed by atoms with Crippen LogP contribution in [0.4, 0.5) is 0 Å². The Morgan fingerprint density at radius 3 is 2.00 bits per heavy atom. The Morgan fingerprint density at radius 1 is 1.05 bits per heavy atom. The summed E-state index contributed by atoms with van der Waals surface area (Å²) in [5.74, 6) is 0.220. The van der Waals surface area contributed by atoms with Crippen molar-refractivity contribution in [3.8, 4) is 0 Å². The standard InChI is InChI=1S/C18H19NOS2/c1-2-5-19-10-16(8-14-3-6-21-12-14)18(20)17(11-19)9-15-4-7-22-13-15/h3-4,6-9,12-13H,2,5,10-11H2,1H3/p+1/b16-8-,17-9+. The molecule has 1 fully saturated rings. The predicted molar refractivity (Wildman–Crippen MR) is 95.5 cm³/mol. The molecule has 22 heavy (non-hydrogen) atoms. The summed E-state index contributed by atoms with van der Waals surface area (Å²) in [7, 11) is 0. The molecule has 1 unspecified atom stereocenters. The number of hydrogen-bond donors (Lipinski definition) is 1. The van der Waals surface area contributed by atoms with E-state index in [2.05, 4.69) is 52.7 Å². The number of likely N-dealkylation sites (tertiary alicyclic amines) is 1. The second-order valence-electron chi connectivity index (χ2n) is 5.64. The number of Topliss-reactive ketones (excluding diaryl/α,β-unsaturated/α-hetero) is 1. The fourth-order valence-corrected chi connectivity index (χ4v) is 4.08. The number of hydrogen-bond acceptors (Lipinski definition) is 3. The summed E-state index contributed by atoms with van der Waals surface area (Å²) in [5.41, 5.74) is 4.16. The van der Waals surface area contributed by atoms with Gasteiger partial charge in [-0.3, -0.25) is 4.79 Å². The number of rotatable bonds is 4. The van der Waals surface area contributed by atoms with Crippen LogP contribution in [0.15, 0.2) is 44.8 Å². The number of thiophene rings is 2. The van der Waals surface area contributed by atoms with Crippen molar-refractivity contribution >= 4 is 40.6 Å². The monoisotopic (exact) mass is 330 g/mol. The molecular weight excluding hydrogens is 310 g/mol. The molecule has 1 N–H and O–H groups in total. The summed E-state index contributed by atoms with van der Waals surface area (Å²) < 4.78 is 0. The molecule has 2 aromatic heterocycles. The first-order valence-corrected chi connectivity index (χ1v) is 9.48. The summed E-state index contributed by atoms with van der Waals surface area (Å²) in [6.45, 7) is 4.98. The van der Waals surface area contributed by atoms with Crippen LogP contribution < -0.4 is 4.90 Å². The van der Waals surface area contributed by atoms with Gasteiger partial charge in [-0.1, -0.05) is 6.92 Å². The maximum absolute atomic E-state index is 12.8. The quantitative estimate of drug-likeness (QED) is 0.855. The second kappa shape index (κ2) is 7.18. The lowest BCUT2D eigenvalue weighted by molar-refractivity contribution is -0.891.